The number of nitrogens with two attached hydrogens (primary N) is 1. The van der Waals surface area contributed by atoms with Gasteiger partial charge in [-0.2, -0.15) is 0 Å². The van der Waals surface area contributed by atoms with Crippen LogP contribution < -0.4 is 11.3 Å². The molecule has 1 saturated carbocycles. The van der Waals surface area contributed by atoms with Crippen LogP contribution in [-0.4, -0.2) is 11.9 Å². The first-order valence-corrected chi connectivity index (χ1v) is 5.50. The minimum atomic E-state index is -0.290. The minimum Gasteiger partial charge on any atom is -0.308 e. The summed E-state index contributed by atoms with van der Waals surface area (Å²) in [6, 6.07) is 5.08. The fraction of sp³-hybridized carbons (Fsp3) is 0.300. The van der Waals surface area contributed by atoms with Gasteiger partial charge in [-0.3, -0.25) is 4.99 Å². The van der Waals surface area contributed by atoms with Crippen molar-refractivity contribution in [1.82, 2.24) is 5.43 Å². The van der Waals surface area contributed by atoms with Gasteiger partial charge in [-0.1, -0.05) is 0 Å². The van der Waals surface area contributed by atoms with Gasteiger partial charge in [0.15, 0.2) is 0 Å². The van der Waals surface area contributed by atoms with E-state index in [1.807, 2.05) is 0 Å². The Balaban J connectivity index is 2.29. The zero-order valence-corrected chi connectivity index (χ0v) is 9.59. The lowest BCUT2D eigenvalue weighted by Crippen LogP contribution is -2.31. The van der Waals surface area contributed by atoms with Crippen LogP contribution in [0.15, 0.2) is 27.7 Å². The quantitative estimate of drug-likeness (QED) is 0.374. The third-order valence-electron chi connectivity index (χ3n) is 2.19. The number of benzene rings is 1. The summed E-state index contributed by atoms with van der Waals surface area (Å²) in [6.07, 6.45) is 2.21. The second-order valence-electron chi connectivity index (χ2n) is 3.48. The van der Waals surface area contributed by atoms with Crippen LogP contribution in [0.25, 0.3) is 0 Å². The molecule has 1 aromatic rings. The molecule has 3 nitrogen and oxygen atoms in total. The molecule has 0 amide bonds. The molecule has 0 heterocycles. The predicted octanol–water partition coefficient (Wildman–Crippen LogP) is 1.96. The van der Waals surface area contributed by atoms with Gasteiger partial charge >= 0.3 is 0 Å². The van der Waals surface area contributed by atoms with Crippen molar-refractivity contribution < 1.29 is 4.39 Å². The fourth-order valence-corrected chi connectivity index (χ4v) is 1.60. The van der Waals surface area contributed by atoms with Crippen molar-refractivity contribution in [3.8, 4) is 0 Å². The molecule has 5 heteroatoms. The Morgan fingerprint density at radius 1 is 1.53 bits per heavy atom. The number of nitrogens with one attached hydrogen (secondary N) is 1. The molecule has 0 unspecified atom stereocenters. The maximum absolute atomic E-state index is 13.0. The monoisotopic (exact) mass is 271 g/mol. The third-order valence-corrected chi connectivity index (χ3v) is 2.80. The van der Waals surface area contributed by atoms with Crippen molar-refractivity contribution >= 4 is 21.8 Å². The second-order valence-corrected chi connectivity index (χ2v) is 4.34. The van der Waals surface area contributed by atoms with E-state index in [9.17, 15) is 4.39 Å². The van der Waals surface area contributed by atoms with Crippen molar-refractivity contribution in [3.05, 3.63) is 34.1 Å². The molecule has 1 aliphatic rings. The molecule has 0 aliphatic heterocycles. The molecule has 0 aromatic heterocycles. The number of hydrogen-bond donors (Lipinski definition) is 2. The van der Waals surface area contributed by atoms with Crippen molar-refractivity contribution in [2.45, 2.75) is 18.9 Å². The van der Waals surface area contributed by atoms with Gasteiger partial charge in [-0.15, -0.1) is 0 Å². The van der Waals surface area contributed by atoms with Gasteiger partial charge in [0, 0.05) is 5.56 Å². The first kappa shape index (κ1) is 10.6. The van der Waals surface area contributed by atoms with Gasteiger partial charge in [-0.05, 0) is 47.0 Å². The normalized spacial score (nSPS) is 16.6. The zero-order chi connectivity index (χ0) is 10.8. The van der Waals surface area contributed by atoms with Crippen LogP contribution in [0.2, 0.25) is 0 Å². The van der Waals surface area contributed by atoms with Gasteiger partial charge in [0.05, 0.1) is 10.5 Å². The molecule has 1 fully saturated rings. The number of hydrazine groups is 1. The van der Waals surface area contributed by atoms with Crippen LogP contribution in [0, 0.1) is 5.82 Å². The van der Waals surface area contributed by atoms with E-state index in [0.717, 1.165) is 18.4 Å². The van der Waals surface area contributed by atoms with Crippen molar-refractivity contribution in [1.29, 1.82) is 0 Å². The number of aliphatic imine (C=N–C) groups is 1. The third kappa shape index (κ3) is 2.54. The van der Waals surface area contributed by atoms with E-state index in [4.69, 9.17) is 5.84 Å². The topological polar surface area (TPSA) is 50.4 Å². The van der Waals surface area contributed by atoms with E-state index in [1.165, 1.54) is 6.07 Å². The molecule has 0 spiro atoms. The van der Waals surface area contributed by atoms with E-state index < -0.39 is 0 Å². The maximum atomic E-state index is 13.0. The largest absolute Gasteiger partial charge is 0.308 e. The number of amidine groups is 1. The minimum absolute atomic E-state index is 0.290. The first-order chi connectivity index (χ1) is 7.20. The highest BCUT2D eigenvalue weighted by Gasteiger charge is 2.21. The van der Waals surface area contributed by atoms with Crippen molar-refractivity contribution in [2.75, 3.05) is 0 Å². The Bertz CT molecular complexity index is 402. The highest BCUT2D eigenvalue weighted by Crippen LogP contribution is 2.24. The summed E-state index contributed by atoms with van der Waals surface area (Å²) in [5, 5.41) is 0. The van der Waals surface area contributed by atoms with Crippen LogP contribution in [-0.2, 0) is 0 Å². The summed E-state index contributed by atoms with van der Waals surface area (Å²) in [7, 11) is 0. The molecule has 0 bridgehead atoms. The van der Waals surface area contributed by atoms with E-state index in [0.29, 0.717) is 16.4 Å². The van der Waals surface area contributed by atoms with E-state index >= 15 is 0 Å². The van der Waals surface area contributed by atoms with Crippen molar-refractivity contribution in [2.24, 2.45) is 10.8 Å². The summed E-state index contributed by atoms with van der Waals surface area (Å²) >= 11 is 3.13. The van der Waals surface area contributed by atoms with Crippen LogP contribution in [0.5, 0.6) is 0 Å². The lowest BCUT2D eigenvalue weighted by molar-refractivity contribution is 0.621. The molecule has 1 aromatic carbocycles. The summed E-state index contributed by atoms with van der Waals surface area (Å²) in [4.78, 5) is 4.38. The molecular weight excluding hydrogens is 261 g/mol. The predicted molar refractivity (Wildman–Crippen MR) is 61.0 cm³/mol. The van der Waals surface area contributed by atoms with Crippen molar-refractivity contribution in [3.63, 3.8) is 0 Å². The molecule has 0 atom stereocenters. The number of nitrogens with zero attached hydrogens (tertiary/aromatic N) is 1. The SMILES string of the molecule is NNC(=NC1CC1)c1ccc(F)c(Br)c1. The number of rotatable bonds is 2. The van der Waals surface area contributed by atoms with Crippen LogP contribution in [0.1, 0.15) is 18.4 Å². The number of hydrogen-bond acceptors (Lipinski definition) is 2. The Kier molecular flexibility index (Phi) is 3.02. The molecular formula is C10H11BrFN3. The van der Waals surface area contributed by atoms with Crippen LogP contribution in [0.3, 0.4) is 0 Å². The van der Waals surface area contributed by atoms with E-state index in [-0.39, 0.29) is 5.82 Å². The van der Waals surface area contributed by atoms with E-state index in [2.05, 4.69) is 26.3 Å². The lowest BCUT2D eigenvalue weighted by atomic mass is 10.2. The first-order valence-electron chi connectivity index (χ1n) is 4.70. The fourth-order valence-electron chi connectivity index (χ4n) is 1.22. The Labute approximate surface area is 95.7 Å². The van der Waals surface area contributed by atoms with Crippen LogP contribution in [0.4, 0.5) is 4.39 Å². The highest BCUT2D eigenvalue weighted by molar-refractivity contribution is 9.10. The summed E-state index contributed by atoms with van der Waals surface area (Å²) in [5.41, 5.74) is 3.33. The smallest absolute Gasteiger partial charge is 0.142 e. The van der Waals surface area contributed by atoms with Gasteiger partial charge in [-0.25, -0.2) is 10.2 Å². The molecule has 3 N–H and O–H groups in total. The number of halogens is 2. The van der Waals surface area contributed by atoms with Gasteiger partial charge in [0.1, 0.15) is 11.7 Å². The second kappa shape index (κ2) is 4.28. The maximum Gasteiger partial charge on any atom is 0.142 e. The standard InChI is InChI=1S/C10H11BrFN3/c11-8-5-6(1-4-9(8)12)10(15-13)14-7-2-3-7/h1,4-5,7H,2-3,13H2,(H,14,15). The Morgan fingerprint density at radius 3 is 2.80 bits per heavy atom. The van der Waals surface area contributed by atoms with Crippen LogP contribution >= 0.6 is 15.9 Å². The lowest BCUT2D eigenvalue weighted by Gasteiger charge is -2.06. The average molecular weight is 272 g/mol. The molecule has 0 saturated heterocycles. The molecule has 0 radical (unpaired) electrons. The van der Waals surface area contributed by atoms with Gasteiger partial charge < -0.3 is 5.43 Å². The Morgan fingerprint density at radius 2 is 2.27 bits per heavy atom. The van der Waals surface area contributed by atoms with E-state index in [1.54, 1.807) is 12.1 Å². The average Bonchev–Trinajstić information content (AvgIpc) is 3.02. The zero-order valence-electron chi connectivity index (χ0n) is 8.00. The van der Waals surface area contributed by atoms with Gasteiger partial charge in [0.2, 0.25) is 0 Å². The van der Waals surface area contributed by atoms with Gasteiger partial charge in [0.25, 0.3) is 0 Å². The summed E-state index contributed by atoms with van der Waals surface area (Å²) in [5.74, 6) is 5.70. The highest BCUT2D eigenvalue weighted by atomic mass is 79.9. The molecule has 1 aliphatic carbocycles. The molecule has 2 rings (SSSR count). The molecule has 15 heavy (non-hydrogen) atoms. The summed E-state index contributed by atoms with van der Waals surface area (Å²) < 4.78 is 13.4. The molecule has 80 valence electrons. The Hall–Kier alpha value is -0.940. The summed E-state index contributed by atoms with van der Waals surface area (Å²) in [6.45, 7) is 0.